The molecule has 1 aromatic rings. The maximum Gasteiger partial charge on any atom is 0.260 e. The Balaban J connectivity index is 2.76. The Bertz CT molecular complexity index is 622. The summed E-state index contributed by atoms with van der Waals surface area (Å²) in [6, 6.07) is 8.77. The van der Waals surface area contributed by atoms with Gasteiger partial charge in [0, 0.05) is 11.6 Å². The van der Waals surface area contributed by atoms with Gasteiger partial charge in [-0.3, -0.25) is 4.79 Å². The molecule has 5 nitrogen and oxygen atoms in total. The first-order chi connectivity index (χ1) is 10.2. The van der Waals surface area contributed by atoms with Gasteiger partial charge in [-0.2, -0.15) is 0 Å². The molecular formula is C16H24N2O3S. The van der Waals surface area contributed by atoms with Gasteiger partial charge in [0.2, 0.25) is 10.0 Å². The molecule has 0 spiro atoms. The molecule has 0 fully saturated rings. The third kappa shape index (κ3) is 5.99. The molecule has 0 radical (unpaired) electrons. The predicted octanol–water partition coefficient (Wildman–Crippen LogP) is 1.82. The maximum atomic E-state index is 12.0. The fraction of sp³-hybridized carbons (Fsp3) is 0.438. The third-order valence-electron chi connectivity index (χ3n) is 3.29. The SMILES string of the molecule is CN[C@H](/C=C(\C)C(=O)NS(=O)(=O)Cc1ccccc1)C(C)C. The lowest BCUT2D eigenvalue weighted by atomic mass is 10.0. The summed E-state index contributed by atoms with van der Waals surface area (Å²) in [6.07, 6.45) is 1.75. The minimum Gasteiger partial charge on any atom is -0.313 e. The Morgan fingerprint density at radius 3 is 2.32 bits per heavy atom. The Kier molecular flexibility index (Phi) is 6.77. The zero-order valence-electron chi connectivity index (χ0n) is 13.5. The molecule has 6 heteroatoms. The number of carbonyl (C=O) groups is 1. The van der Waals surface area contributed by atoms with Crippen LogP contribution < -0.4 is 10.0 Å². The van der Waals surface area contributed by atoms with E-state index in [9.17, 15) is 13.2 Å². The monoisotopic (exact) mass is 324 g/mol. The number of likely N-dealkylation sites (N-methyl/N-ethyl adjacent to an activating group) is 1. The van der Waals surface area contributed by atoms with Crippen molar-refractivity contribution in [3.63, 3.8) is 0 Å². The van der Waals surface area contributed by atoms with Gasteiger partial charge >= 0.3 is 0 Å². The molecule has 0 unspecified atom stereocenters. The Morgan fingerprint density at radius 2 is 1.82 bits per heavy atom. The molecule has 0 saturated carbocycles. The second-order valence-corrected chi connectivity index (χ2v) is 7.31. The van der Waals surface area contributed by atoms with E-state index in [1.807, 2.05) is 19.9 Å². The highest BCUT2D eigenvalue weighted by atomic mass is 32.2. The van der Waals surface area contributed by atoms with Gasteiger partial charge < -0.3 is 5.32 Å². The second kappa shape index (κ2) is 8.10. The second-order valence-electron chi connectivity index (χ2n) is 5.58. The minimum atomic E-state index is -3.70. The van der Waals surface area contributed by atoms with E-state index in [2.05, 4.69) is 10.0 Å². The van der Waals surface area contributed by atoms with Crippen molar-refractivity contribution in [1.82, 2.24) is 10.0 Å². The molecule has 0 saturated heterocycles. The van der Waals surface area contributed by atoms with Crippen LogP contribution in [0.5, 0.6) is 0 Å². The molecule has 0 aliphatic rings. The summed E-state index contributed by atoms with van der Waals surface area (Å²) in [4.78, 5) is 12.0. The highest BCUT2D eigenvalue weighted by molar-refractivity contribution is 7.89. The number of rotatable bonds is 7. The van der Waals surface area contributed by atoms with Gasteiger partial charge in [0.25, 0.3) is 5.91 Å². The van der Waals surface area contributed by atoms with Crippen molar-refractivity contribution in [3.8, 4) is 0 Å². The molecule has 122 valence electrons. The lowest BCUT2D eigenvalue weighted by Crippen LogP contribution is -2.34. The van der Waals surface area contributed by atoms with Crippen molar-refractivity contribution in [2.75, 3.05) is 7.05 Å². The lowest BCUT2D eigenvalue weighted by molar-refractivity contribution is -0.115. The van der Waals surface area contributed by atoms with Crippen molar-refractivity contribution in [2.45, 2.75) is 32.6 Å². The molecule has 0 aromatic heterocycles. The normalized spacial score (nSPS) is 14.0. The van der Waals surface area contributed by atoms with Gasteiger partial charge in [-0.1, -0.05) is 50.3 Å². The van der Waals surface area contributed by atoms with Crippen molar-refractivity contribution in [2.24, 2.45) is 5.92 Å². The van der Waals surface area contributed by atoms with Crippen molar-refractivity contribution < 1.29 is 13.2 Å². The Labute approximate surface area is 132 Å². The van der Waals surface area contributed by atoms with E-state index < -0.39 is 15.9 Å². The summed E-state index contributed by atoms with van der Waals surface area (Å²) in [7, 11) is -1.90. The molecule has 0 heterocycles. The lowest BCUT2D eigenvalue weighted by Gasteiger charge is -2.17. The number of hydrogen-bond acceptors (Lipinski definition) is 4. The van der Waals surface area contributed by atoms with Crippen molar-refractivity contribution >= 4 is 15.9 Å². The summed E-state index contributed by atoms with van der Waals surface area (Å²) in [6.45, 7) is 5.66. The standard InChI is InChI=1S/C16H24N2O3S/c1-12(2)15(17-4)10-13(3)16(19)18-22(20,21)11-14-8-6-5-7-9-14/h5-10,12,15,17H,11H2,1-4H3,(H,18,19)/b13-10+/t15-/m1/s1. The minimum absolute atomic E-state index is 0.0163. The zero-order valence-corrected chi connectivity index (χ0v) is 14.3. The average molecular weight is 324 g/mol. The summed E-state index contributed by atoms with van der Waals surface area (Å²) in [5.74, 6) is -0.502. The third-order valence-corrected chi connectivity index (χ3v) is 4.50. The molecule has 22 heavy (non-hydrogen) atoms. The molecule has 1 rings (SSSR count). The molecule has 2 N–H and O–H groups in total. The summed E-state index contributed by atoms with van der Waals surface area (Å²) < 4.78 is 26.2. The summed E-state index contributed by atoms with van der Waals surface area (Å²) >= 11 is 0. The molecule has 1 aromatic carbocycles. The van der Waals surface area contributed by atoms with E-state index in [1.165, 1.54) is 0 Å². The van der Waals surface area contributed by atoms with Crippen molar-refractivity contribution in [3.05, 3.63) is 47.5 Å². The van der Waals surface area contributed by atoms with Crippen LogP contribution in [0.25, 0.3) is 0 Å². The van der Waals surface area contributed by atoms with E-state index >= 15 is 0 Å². The topological polar surface area (TPSA) is 75.3 Å². The summed E-state index contributed by atoms with van der Waals surface area (Å²) in [5, 5.41) is 3.08. The van der Waals surface area contributed by atoms with Crippen LogP contribution in [0.2, 0.25) is 0 Å². The Morgan fingerprint density at radius 1 is 1.23 bits per heavy atom. The first kappa shape index (κ1) is 18.4. The number of sulfonamides is 1. The van der Waals surface area contributed by atoms with Crippen molar-refractivity contribution in [1.29, 1.82) is 0 Å². The van der Waals surface area contributed by atoms with Crippen LogP contribution in [0.1, 0.15) is 26.3 Å². The van der Waals surface area contributed by atoms with E-state index in [0.29, 0.717) is 17.1 Å². The van der Waals surface area contributed by atoms with Crippen LogP contribution in [-0.2, 0) is 20.6 Å². The van der Waals surface area contributed by atoms with E-state index in [0.717, 1.165) is 0 Å². The van der Waals surface area contributed by atoms with Crippen LogP contribution in [0.3, 0.4) is 0 Å². The van der Waals surface area contributed by atoms with Crippen LogP contribution >= 0.6 is 0 Å². The smallest absolute Gasteiger partial charge is 0.260 e. The molecule has 0 bridgehead atoms. The number of carbonyl (C=O) groups excluding carboxylic acids is 1. The van der Waals surface area contributed by atoms with Gasteiger partial charge in [0.1, 0.15) is 0 Å². The number of benzene rings is 1. The van der Waals surface area contributed by atoms with Crippen LogP contribution in [0.15, 0.2) is 42.0 Å². The van der Waals surface area contributed by atoms with E-state index in [4.69, 9.17) is 0 Å². The van der Waals surface area contributed by atoms with Crippen LogP contribution in [-0.4, -0.2) is 27.4 Å². The zero-order chi connectivity index (χ0) is 16.8. The van der Waals surface area contributed by atoms with E-state index in [-0.39, 0.29) is 11.8 Å². The van der Waals surface area contributed by atoms with Gasteiger partial charge in [0.05, 0.1) is 5.75 Å². The van der Waals surface area contributed by atoms with Crippen LogP contribution in [0, 0.1) is 5.92 Å². The molecule has 0 aliphatic heterocycles. The van der Waals surface area contributed by atoms with E-state index in [1.54, 1.807) is 44.3 Å². The fourth-order valence-corrected chi connectivity index (χ4v) is 3.15. The largest absolute Gasteiger partial charge is 0.313 e. The number of hydrogen-bond donors (Lipinski definition) is 2. The molecule has 0 aliphatic carbocycles. The van der Waals surface area contributed by atoms with Gasteiger partial charge in [0.15, 0.2) is 0 Å². The fourth-order valence-electron chi connectivity index (χ4n) is 2.01. The molecule has 1 atom stereocenters. The Hall–Kier alpha value is -1.66. The van der Waals surface area contributed by atoms with Gasteiger partial charge in [-0.25, -0.2) is 13.1 Å². The number of amides is 1. The summed E-state index contributed by atoms with van der Waals surface area (Å²) in [5.41, 5.74) is 1.02. The average Bonchev–Trinajstić information content (AvgIpc) is 2.43. The first-order valence-electron chi connectivity index (χ1n) is 7.19. The highest BCUT2D eigenvalue weighted by Gasteiger charge is 2.18. The van der Waals surface area contributed by atoms with Gasteiger partial charge in [-0.15, -0.1) is 0 Å². The molecular weight excluding hydrogens is 300 g/mol. The predicted molar refractivity (Wildman–Crippen MR) is 88.7 cm³/mol. The first-order valence-corrected chi connectivity index (χ1v) is 8.85. The highest BCUT2D eigenvalue weighted by Crippen LogP contribution is 2.08. The van der Waals surface area contributed by atoms with Gasteiger partial charge in [-0.05, 0) is 25.5 Å². The number of nitrogens with one attached hydrogen (secondary N) is 2. The van der Waals surface area contributed by atoms with Crippen LogP contribution in [0.4, 0.5) is 0 Å². The quantitative estimate of drug-likeness (QED) is 0.750. The molecule has 1 amide bonds. The maximum absolute atomic E-state index is 12.0.